The normalized spacial score (nSPS) is 11.0. The van der Waals surface area contributed by atoms with Gasteiger partial charge in [-0.05, 0) is 30.5 Å². The fourth-order valence-corrected chi connectivity index (χ4v) is 3.63. The van der Waals surface area contributed by atoms with E-state index in [2.05, 4.69) is 24.1 Å². The van der Waals surface area contributed by atoms with E-state index in [4.69, 9.17) is 5.73 Å². The van der Waals surface area contributed by atoms with E-state index in [0.717, 1.165) is 17.5 Å². The first kappa shape index (κ1) is 17.8. The number of hydrogen-bond acceptors (Lipinski definition) is 6. The average molecular weight is 370 g/mol. The van der Waals surface area contributed by atoms with Gasteiger partial charge in [0.05, 0.1) is 10.6 Å². The van der Waals surface area contributed by atoms with Gasteiger partial charge in [-0.15, -0.1) is 11.3 Å². The maximum atomic E-state index is 12.6. The maximum absolute atomic E-state index is 12.6. The summed E-state index contributed by atoms with van der Waals surface area (Å²) >= 11 is 1.22. The number of anilines is 2. The highest BCUT2D eigenvalue weighted by atomic mass is 32.1. The first-order chi connectivity index (χ1) is 12.3. The number of nitro benzene ring substituents is 1. The minimum atomic E-state index is -0.510. The Morgan fingerprint density at radius 1 is 1.35 bits per heavy atom. The van der Waals surface area contributed by atoms with Gasteiger partial charge in [0.15, 0.2) is 0 Å². The summed E-state index contributed by atoms with van der Waals surface area (Å²) < 4.78 is 0. The van der Waals surface area contributed by atoms with E-state index in [0.29, 0.717) is 27.0 Å². The number of rotatable bonds is 5. The van der Waals surface area contributed by atoms with Crippen molar-refractivity contribution in [1.82, 2.24) is 4.98 Å². The number of nitro groups is 1. The number of nitrogen functional groups attached to an aromatic ring is 1. The highest BCUT2D eigenvalue weighted by Crippen LogP contribution is 2.33. The predicted molar refractivity (Wildman–Crippen MR) is 104 cm³/mol. The number of carbonyl (C=O) groups is 1. The van der Waals surface area contributed by atoms with E-state index >= 15 is 0 Å². The molecule has 0 aliphatic carbocycles. The molecule has 7 nitrogen and oxygen atoms in total. The van der Waals surface area contributed by atoms with Crippen LogP contribution in [-0.2, 0) is 6.42 Å². The van der Waals surface area contributed by atoms with Crippen LogP contribution in [0.15, 0.2) is 36.4 Å². The van der Waals surface area contributed by atoms with Gasteiger partial charge in [0.25, 0.3) is 11.6 Å². The Balaban J connectivity index is 1.89. The average Bonchev–Trinajstić information content (AvgIpc) is 2.91. The SMILES string of the molecule is CC(C)Cc1ccc2c(N)c(C(=O)Nc3cccc([N+](=O)[O-])c3)sc2n1. The van der Waals surface area contributed by atoms with Crippen molar-refractivity contribution in [3.63, 3.8) is 0 Å². The van der Waals surface area contributed by atoms with Crippen LogP contribution in [-0.4, -0.2) is 15.8 Å². The Labute approximate surface area is 154 Å². The molecule has 0 radical (unpaired) electrons. The van der Waals surface area contributed by atoms with Gasteiger partial charge in [-0.25, -0.2) is 4.98 Å². The van der Waals surface area contributed by atoms with E-state index in [1.165, 1.54) is 29.5 Å². The van der Waals surface area contributed by atoms with Crippen LogP contribution in [0.3, 0.4) is 0 Å². The van der Waals surface area contributed by atoms with Crippen LogP contribution in [0.4, 0.5) is 17.1 Å². The molecule has 0 aliphatic rings. The third-order valence-electron chi connectivity index (χ3n) is 3.79. The van der Waals surface area contributed by atoms with Crippen LogP contribution in [0.2, 0.25) is 0 Å². The van der Waals surface area contributed by atoms with Crippen molar-refractivity contribution in [2.45, 2.75) is 20.3 Å². The second kappa shape index (κ2) is 7.09. The topological polar surface area (TPSA) is 111 Å². The summed E-state index contributed by atoms with van der Waals surface area (Å²) in [7, 11) is 0. The molecule has 0 fully saturated rings. The van der Waals surface area contributed by atoms with Gasteiger partial charge in [0, 0.05) is 28.9 Å². The zero-order chi connectivity index (χ0) is 18.8. The second-order valence-corrected chi connectivity index (χ2v) is 7.36. The van der Waals surface area contributed by atoms with Crippen LogP contribution in [0.25, 0.3) is 10.2 Å². The van der Waals surface area contributed by atoms with Gasteiger partial charge in [-0.1, -0.05) is 19.9 Å². The third-order valence-corrected chi connectivity index (χ3v) is 4.90. The fourth-order valence-electron chi connectivity index (χ4n) is 2.62. The predicted octanol–water partition coefficient (Wildman–Crippen LogP) is 4.24. The summed E-state index contributed by atoms with van der Waals surface area (Å²) in [4.78, 5) is 28.6. The molecular formula is C18H18N4O3S. The number of benzene rings is 1. The molecule has 8 heteroatoms. The van der Waals surface area contributed by atoms with Crippen molar-refractivity contribution in [3.8, 4) is 0 Å². The molecule has 0 saturated heterocycles. The number of fused-ring (bicyclic) bond motifs is 1. The van der Waals surface area contributed by atoms with Gasteiger partial charge in [-0.2, -0.15) is 0 Å². The molecule has 0 saturated carbocycles. The minimum Gasteiger partial charge on any atom is -0.397 e. The molecule has 2 heterocycles. The molecule has 0 spiro atoms. The molecule has 0 atom stereocenters. The maximum Gasteiger partial charge on any atom is 0.271 e. The third kappa shape index (κ3) is 3.65. The van der Waals surface area contributed by atoms with Crippen molar-refractivity contribution < 1.29 is 9.72 Å². The van der Waals surface area contributed by atoms with E-state index < -0.39 is 10.8 Å². The minimum absolute atomic E-state index is 0.0906. The number of nitrogens with zero attached hydrogens (tertiary/aromatic N) is 2. The molecule has 0 aliphatic heterocycles. The van der Waals surface area contributed by atoms with Gasteiger partial charge in [-0.3, -0.25) is 14.9 Å². The Morgan fingerprint density at radius 2 is 2.12 bits per heavy atom. The molecule has 3 rings (SSSR count). The molecule has 1 amide bonds. The van der Waals surface area contributed by atoms with Crippen LogP contribution in [0.1, 0.15) is 29.2 Å². The Bertz CT molecular complexity index is 997. The molecule has 3 aromatic rings. The van der Waals surface area contributed by atoms with E-state index in [-0.39, 0.29) is 5.69 Å². The number of nitrogens with two attached hydrogens (primary N) is 1. The fraction of sp³-hybridized carbons (Fsp3) is 0.222. The zero-order valence-corrected chi connectivity index (χ0v) is 15.2. The smallest absolute Gasteiger partial charge is 0.271 e. The van der Waals surface area contributed by atoms with E-state index in [1.807, 2.05) is 12.1 Å². The van der Waals surface area contributed by atoms with Gasteiger partial charge < -0.3 is 11.1 Å². The van der Waals surface area contributed by atoms with Crippen LogP contribution >= 0.6 is 11.3 Å². The van der Waals surface area contributed by atoms with Crippen LogP contribution in [0.5, 0.6) is 0 Å². The summed E-state index contributed by atoms with van der Waals surface area (Å²) in [6, 6.07) is 9.59. The summed E-state index contributed by atoms with van der Waals surface area (Å²) in [6.45, 7) is 4.24. The van der Waals surface area contributed by atoms with Crippen molar-refractivity contribution in [3.05, 3.63) is 57.1 Å². The molecule has 3 N–H and O–H groups in total. The quantitative estimate of drug-likeness (QED) is 0.515. The Hall–Kier alpha value is -3.00. The number of non-ortho nitro benzene ring substituents is 1. The van der Waals surface area contributed by atoms with Gasteiger partial charge in [0.2, 0.25) is 0 Å². The van der Waals surface area contributed by atoms with Crippen LogP contribution in [0, 0.1) is 16.0 Å². The van der Waals surface area contributed by atoms with Crippen LogP contribution < -0.4 is 11.1 Å². The van der Waals surface area contributed by atoms with E-state index in [1.54, 1.807) is 6.07 Å². The molecule has 0 bridgehead atoms. The lowest BCUT2D eigenvalue weighted by Gasteiger charge is -2.04. The first-order valence-electron chi connectivity index (χ1n) is 8.09. The number of nitrogens with one attached hydrogen (secondary N) is 1. The number of hydrogen-bond donors (Lipinski definition) is 2. The van der Waals surface area contributed by atoms with Crippen molar-refractivity contribution in [1.29, 1.82) is 0 Å². The molecule has 0 unspecified atom stereocenters. The number of aromatic nitrogens is 1. The molecule has 26 heavy (non-hydrogen) atoms. The summed E-state index contributed by atoms with van der Waals surface area (Å²) in [6.07, 6.45) is 0.850. The number of amides is 1. The zero-order valence-electron chi connectivity index (χ0n) is 14.4. The lowest BCUT2D eigenvalue weighted by Crippen LogP contribution is -2.12. The lowest BCUT2D eigenvalue weighted by atomic mass is 10.1. The highest BCUT2D eigenvalue weighted by Gasteiger charge is 2.18. The molecular weight excluding hydrogens is 352 g/mol. The molecule has 2 aromatic heterocycles. The standard InChI is InChI=1S/C18H18N4O3S/c1-10(2)8-12-6-7-14-15(19)16(26-18(14)21-12)17(23)20-11-4-3-5-13(9-11)22(24)25/h3-7,9-10H,8,19H2,1-2H3,(H,20,23). The summed E-state index contributed by atoms with van der Waals surface area (Å²) in [5.41, 5.74) is 7.71. The molecule has 134 valence electrons. The number of thiophene rings is 1. The second-order valence-electron chi connectivity index (χ2n) is 6.36. The summed E-state index contributed by atoms with van der Waals surface area (Å²) in [5.74, 6) is 0.0744. The Morgan fingerprint density at radius 3 is 2.81 bits per heavy atom. The monoisotopic (exact) mass is 370 g/mol. The number of carbonyl (C=O) groups excluding carboxylic acids is 1. The van der Waals surface area contributed by atoms with E-state index in [9.17, 15) is 14.9 Å². The van der Waals surface area contributed by atoms with Gasteiger partial charge in [0.1, 0.15) is 9.71 Å². The summed E-state index contributed by atoms with van der Waals surface area (Å²) in [5, 5.41) is 14.3. The Kier molecular flexibility index (Phi) is 4.85. The van der Waals surface area contributed by atoms with Crippen molar-refractivity contribution >= 4 is 44.5 Å². The number of pyridine rings is 1. The van der Waals surface area contributed by atoms with Gasteiger partial charge >= 0.3 is 0 Å². The lowest BCUT2D eigenvalue weighted by molar-refractivity contribution is -0.384. The largest absolute Gasteiger partial charge is 0.397 e. The molecule has 1 aromatic carbocycles. The first-order valence-corrected chi connectivity index (χ1v) is 8.90. The highest BCUT2D eigenvalue weighted by molar-refractivity contribution is 7.21. The van der Waals surface area contributed by atoms with Crippen molar-refractivity contribution in [2.24, 2.45) is 5.92 Å². The van der Waals surface area contributed by atoms with Crippen molar-refractivity contribution in [2.75, 3.05) is 11.1 Å².